The molecule has 3 nitrogen and oxygen atoms in total. The van der Waals surface area contributed by atoms with E-state index in [0.29, 0.717) is 5.69 Å². The molecule has 0 fully saturated rings. The van der Waals surface area contributed by atoms with E-state index < -0.39 is 0 Å². The molecule has 1 aromatic carbocycles. The first-order valence-electron chi connectivity index (χ1n) is 4.27. The molecule has 0 radical (unpaired) electrons. The number of aromatic nitrogens is 2. The van der Waals surface area contributed by atoms with Crippen LogP contribution in [0.25, 0.3) is 11.1 Å². The normalized spacial score (nSPS) is 9.71. The molecule has 0 saturated heterocycles. The highest BCUT2D eigenvalue weighted by Crippen LogP contribution is 2.19. The van der Waals surface area contributed by atoms with Gasteiger partial charge in [-0.2, -0.15) is 0 Å². The highest BCUT2D eigenvalue weighted by Gasteiger charge is 2.02. The van der Waals surface area contributed by atoms with Crippen LogP contribution in [-0.2, 0) is 0 Å². The first kappa shape index (κ1) is 8.56. The van der Waals surface area contributed by atoms with Crippen molar-refractivity contribution in [3.63, 3.8) is 0 Å². The van der Waals surface area contributed by atoms with Crippen LogP contribution in [0.5, 0.6) is 0 Å². The Morgan fingerprint density at radius 1 is 1.14 bits per heavy atom. The molecule has 1 N–H and O–H groups in total. The Labute approximate surface area is 82.0 Å². The Morgan fingerprint density at radius 3 is 2.64 bits per heavy atom. The van der Waals surface area contributed by atoms with E-state index >= 15 is 0 Å². The van der Waals surface area contributed by atoms with E-state index in [2.05, 4.69) is 9.97 Å². The van der Waals surface area contributed by atoms with Crippen LogP contribution in [0.1, 0.15) is 5.69 Å². The quantitative estimate of drug-likeness (QED) is 0.725. The van der Waals surface area contributed by atoms with Crippen LogP contribution < -0.4 is 0 Å². The monoisotopic (exact) mass is 183 g/mol. The summed E-state index contributed by atoms with van der Waals surface area (Å²) in [7, 11) is 0. The minimum absolute atomic E-state index is 0.645. The van der Waals surface area contributed by atoms with Gasteiger partial charge in [0.15, 0.2) is 0 Å². The van der Waals surface area contributed by atoms with Crippen LogP contribution in [0.2, 0.25) is 0 Å². The van der Waals surface area contributed by atoms with Gasteiger partial charge in [0, 0.05) is 18.0 Å². The Kier molecular flexibility index (Phi) is 2.32. The third-order valence-electron chi connectivity index (χ3n) is 1.96. The second kappa shape index (κ2) is 3.79. The molecule has 0 aliphatic carbocycles. The van der Waals surface area contributed by atoms with Crippen LogP contribution in [-0.4, -0.2) is 16.2 Å². The lowest BCUT2D eigenvalue weighted by Gasteiger charge is -2.02. The summed E-state index contributed by atoms with van der Waals surface area (Å²) in [6.45, 7) is 0. The van der Waals surface area contributed by atoms with Gasteiger partial charge in [0.25, 0.3) is 0 Å². The van der Waals surface area contributed by atoms with Gasteiger partial charge in [-0.1, -0.05) is 30.3 Å². The van der Waals surface area contributed by atoms with Crippen LogP contribution in [0.3, 0.4) is 0 Å². The predicted octanol–water partition coefficient (Wildman–Crippen LogP) is 2.14. The van der Waals surface area contributed by atoms with Crippen molar-refractivity contribution in [2.45, 2.75) is 0 Å². The molecule has 0 amide bonds. The Morgan fingerprint density at radius 2 is 1.93 bits per heavy atom. The first-order valence-corrected chi connectivity index (χ1v) is 4.27. The van der Waals surface area contributed by atoms with Crippen LogP contribution in [0, 0.1) is 5.41 Å². The Hall–Kier alpha value is -2.03. The molecule has 1 heterocycles. The lowest BCUT2D eigenvalue weighted by molar-refractivity contribution is 1.16. The Bertz CT molecular complexity index is 437. The van der Waals surface area contributed by atoms with E-state index in [-0.39, 0.29) is 0 Å². The van der Waals surface area contributed by atoms with E-state index in [1.54, 1.807) is 6.20 Å². The van der Waals surface area contributed by atoms with E-state index in [4.69, 9.17) is 5.41 Å². The molecular weight excluding hydrogens is 174 g/mol. The lowest BCUT2D eigenvalue weighted by atomic mass is 10.1. The van der Waals surface area contributed by atoms with Gasteiger partial charge in [0.1, 0.15) is 6.33 Å². The van der Waals surface area contributed by atoms with Gasteiger partial charge >= 0.3 is 0 Å². The third kappa shape index (κ3) is 1.52. The van der Waals surface area contributed by atoms with Crippen molar-refractivity contribution < 1.29 is 0 Å². The zero-order valence-electron chi connectivity index (χ0n) is 7.51. The molecular formula is C11H9N3. The second-order valence-corrected chi connectivity index (χ2v) is 2.83. The van der Waals surface area contributed by atoms with Crippen molar-refractivity contribution in [1.82, 2.24) is 9.97 Å². The van der Waals surface area contributed by atoms with Crippen LogP contribution in [0.15, 0.2) is 42.9 Å². The van der Waals surface area contributed by atoms with Crippen molar-refractivity contribution in [3.8, 4) is 11.1 Å². The molecule has 0 saturated carbocycles. The molecule has 0 atom stereocenters. The maximum Gasteiger partial charge on any atom is 0.116 e. The van der Waals surface area contributed by atoms with E-state index in [1.807, 2.05) is 30.3 Å². The van der Waals surface area contributed by atoms with Crippen molar-refractivity contribution in [2.24, 2.45) is 0 Å². The summed E-state index contributed by atoms with van der Waals surface area (Å²) in [5.41, 5.74) is 2.57. The molecule has 2 aromatic rings. The first-order chi connectivity index (χ1) is 6.92. The average Bonchev–Trinajstić information content (AvgIpc) is 2.30. The predicted molar refractivity (Wildman–Crippen MR) is 55.4 cm³/mol. The minimum Gasteiger partial charge on any atom is -0.306 e. The summed E-state index contributed by atoms with van der Waals surface area (Å²) in [6, 6.07) is 9.82. The van der Waals surface area contributed by atoms with E-state index in [0.717, 1.165) is 11.1 Å². The van der Waals surface area contributed by atoms with Gasteiger partial charge in [-0.15, -0.1) is 0 Å². The molecule has 0 aliphatic rings. The molecule has 0 bridgehead atoms. The number of hydrogen-bond donors (Lipinski definition) is 1. The summed E-state index contributed by atoms with van der Waals surface area (Å²) < 4.78 is 0. The van der Waals surface area contributed by atoms with E-state index in [1.165, 1.54) is 12.5 Å². The van der Waals surface area contributed by atoms with Crippen molar-refractivity contribution in [1.29, 1.82) is 5.41 Å². The summed E-state index contributed by atoms with van der Waals surface area (Å²) in [5, 5.41) is 7.22. The number of nitrogens with one attached hydrogen (secondary N) is 1. The van der Waals surface area contributed by atoms with Crippen LogP contribution >= 0.6 is 0 Å². The molecule has 3 heteroatoms. The Balaban J connectivity index is 2.57. The highest BCUT2D eigenvalue weighted by molar-refractivity contribution is 5.85. The van der Waals surface area contributed by atoms with Crippen molar-refractivity contribution in [3.05, 3.63) is 48.5 Å². The number of hydrogen-bond acceptors (Lipinski definition) is 3. The topological polar surface area (TPSA) is 49.6 Å². The van der Waals surface area contributed by atoms with Gasteiger partial charge in [-0.05, 0) is 5.56 Å². The summed E-state index contributed by atoms with van der Waals surface area (Å²) in [4.78, 5) is 7.97. The maximum atomic E-state index is 7.22. The van der Waals surface area contributed by atoms with Gasteiger partial charge in [-0.3, -0.25) is 0 Å². The van der Waals surface area contributed by atoms with E-state index in [9.17, 15) is 0 Å². The standard InChI is InChI=1S/C11H9N3/c12-6-11-10(7-13-8-14-11)9-4-2-1-3-5-9/h1-8,12H. The average molecular weight is 183 g/mol. The van der Waals surface area contributed by atoms with Crippen molar-refractivity contribution in [2.75, 3.05) is 0 Å². The van der Waals surface area contributed by atoms with Gasteiger partial charge in [-0.25, -0.2) is 9.97 Å². The molecule has 0 aliphatic heterocycles. The fourth-order valence-electron chi connectivity index (χ4n) is 1.29. The molecule has 0 unspecified atom stereocenters. The molecule has 1 aromatic heterocycles. The number of rotatable bonds is 2. The fraction of sp³-hybridized carbons (Fsp3) is 0. The van der Waals surface area contributed by atoms with Gasteiger partial charge in [0.05, 0.1) is 5.69 Å². The molecule has 14 heavy (non-hydrogen) atoms. The summed E-state index contributed by atoms with van der Waals surface area (Å²) in [6.07, 6.45) is 4.42. The summed E-state index contributed by atoms with van der Waals surface area (Å²) in [5.74, 6) is 0. The fourth-order valence-corrected chi connectivity index (χ4v) is 1.29. The minimum atomic E-state index is 0.645. The number of nitrogens with zero attached hydrogens (tertiary/aromatic N) is 2. The zero-order valence-corrected chi connectivity index (χ0v) is 7.51. The van der Waals surface area contributed by atoms with Gasteiger partial charge < -0.3 is 5.41 Å². The molecule has 0 spiro atoms. The molecule has 68 valence electrons. The SMILES string of the molecule is N=Cc1ncncc1-c1ccccc1. The smallest absolute Gasteiger partial charge is 0.116 e. The van der Waals surface area contributed by atoms with Gasteiger partial charge in [0.2, 0.25) is 0 Å². The van der Waals surface area contributed by atoms with Crippen LogP contribution in [0.4, 0.5) is 0 Å². The number of benzene rings is 1. The lowest BCUT2D eigenvalue weighted by Crippen LogP contribution is -1.92. The maximum absolute atomic E-state index is 7.22. The van der Waals surface area contributed by atoms with Crippen molar-refractivity contribution >= 4 is 6.21 Å². The third-order valence-corrected chi connectivity index (χ3v) is 1.96. The highest BCUT2D eigenvalue weighted by atomic mass is 14.8. The summed E-state index contributed by atoms with van der Waals surface area (Å²) >= 11 is 0. The second-order valence-electron chi connectivity index (χ2n) is 2.83. The largest absolute Gasteiger partial charge is 0.306 e. The zero-order chi connectivity index (χ0) is 9.80. The molecule has 2 rings (SSSR count).